The molecule has 0 bridgehead atoms. The molecule has 2 aromatic carbocycles. The first kappa shape index (κ1) is 22.4. The highest BCUT2D eigenvalue weighted by molar-refractivity contribution is 6.46. The number of halogens is 1. The summed E-state index contributed by atoms with van der Waals surface area (Å²) in [6.45, 7) is 5.92. The fourth-order valence-electron chi connectivity index (χ4n) is 4.04. The Morgan fingerprint density at radius 1 is 1.12 bits per heavy atom. The largest absolute Gasteiger partial charge is 0.507 e. The van der Waals surface area contributed by atoms with Gasteiger partial charge in [0.25, 0.3) is 11.7 Å². The first-order valence-electron chi connectivity index (χ1n) is 10.8. The lowest BCUT2D eigenvalue weighted by atomic mass is 9.93. The number of amides is 1. The third-order valence-electron chi connectivity index (χ3n) is 5.98. The van der Waals surface area contributed by atoms with Gasteiger partial charge in [-0.25, -0.2) is 4.39 Å². The number of benzene rings is 2. The number of carbonyl (C=O) groups is 2. The molecule has 1 saturated heterocycles. The highest BCUT2D eigenvalue weighted by atomic mass is 19.1. The minimum atomic E-state index is -0.809. The summed E-state index contributed by atoms with van der Waals surface area (Å²) in [6.07, 6.45) is 3.26. The summed E-state index contributed by atoms with van der Waals surface area (Å²) in [4.78, 5) is 31.7. The second kappa shape index (κ2) is 8.98. The van der Waals surface area contributed by atoms with Gasteiger partial charge in [0.1, 0.15) is 11.6 Å². The van der Waals surface area contributed by atoms with Crippen LogP contribution in [0.15, 0.2) is 72.6 Å². The molecule has 168 valence electrons. The third kappa shape index (κ3) is 4.29. The highest BCUT2D eigenvalue weighted by Gasteiger charge is 2.46. The van der Waals surface area contributed by atoms with E-state index in [0.717, 1.165) is 11.1 Å². The number of aliphatic hydroxyl groups excluding tert-OH is 1. The maximum absolute atomic E-state index is 14.2. The van der Waals surface area contributed by atoms with Gasteiger partial charge in [-0.15, -0.1) is 0 Å². The van der Waals surface area contributed by atoms with Crippen LogP contribution < -0.4 is 0 Å². The lowest BCUT2D eigenvalue weighted by Crippen LogP contribution is -2.29. The van der Waals surface area contributed by atoms with E-state index in [9.17, 15) is 19.1 Å². The van der Waals surface area contributed by atoms with E-state index < -0.39 is 23.5 Å². The minimum absolute atomic E-state index is 0.0514. The van der Waals surface area contributed by atoms with Crippen LogP contribution in [-0.2, 0) is 16.1 Å². The van der Waals surface area contributed by atoms with Crippen LogP contribution in [-0.4, -0.2) is 26.7 Å². The number of aryl methyl sites for hydroxylation is 1. The number of aromatic nitrogens is 1. The number of likely N-dealkylation sites (tertiary alicyclic amines) is 1. The summed E-state index contributed by atoms with van der Waals surface area (Å²) in [7, 11) is 0. The topological polar surface area (TPSA) is 70.5 Å². The molecule has 1 atom stereocenters. The minimum Gasteiger partial charge on any atom is -0.507 e. The SMILES string of the molecule is Cc1ccc(/C(O)=C2/C(=O)C(=O)N(Cc3cccnc3)C2c2ccc(C(C)C)cc2)cc1F. The smallest absolute Gasteiger partial charge is 0.295 e. The molecule has 3 aromatic rings. The second-order valence-corrected chi connectivity index (χ2v) is 8.57. The summed E-state index contributed by atoms with van der Waals surface area (Å²) < 4.78 is 14.2. The Morgan fingerprint density at radius 3 is 2.45 bits per heavy atom. The van der Waals surface area contributed by atoms with E-state index in [4.69, 9.17) is 0 Å². The van der Waals surface area contributed by atoms with Gasteiger partial charge in [-0.2, -0.15) is 0 Å². The molecule has 1 aliphatic rings. The Bertz CT molecular complexity index is 1230. The fourth-order valence-corrected chi connectivity index (χ4v) is 4.04. The molecular weight excluding hydrogens is 419 g/mol. The molecule has 0 saturated carbocycles. The van der Waals surface area contributed by atoms with Crippen LogP contribution in [0.5, 0.6) is 0 Å². The normalized spacial score (nSPS) is 17.7. The molecule has 0 radical (unpaired) electrons. The zero-order valence-corrected chi connectivity index (χ0v) is 18.7. The number of hydrogen-bond acceptors (Lipinski definition) is 4. The maximum Gasteiger partial charge on any atom is 0.295 e. The number of Topliss-reactive ketones (excluding diaryl/α,β-unsaturated/α-hetero) is 1. The Labute approximate surface area is 192 Å². The summed E-state index contributed by atoms with van der Waals surface area (Å²) in [5, 5.41) is 11.1. The van der Waals surface area contributed by atoms with E-state index in [0.29, 0.717) is 17.0 Å². The Kier molecular flexibility index (Phi) is 6.09. The maximum atomic E-state index is 14.2. The van der Waals surface area contributed by atoms with Crippen molar-refractivity contribution < 1.29 is 19.1 Å². The van der Waals surface area contributed by atoms with Crippen LogP contribution >= 0.6 is 0 Å². The van der Waals surface area contributed by atoms with E-state index in [1.165, 1.54) is 17.0 Å². The van der Waals surface area contributed by atoms with Gasteiger partial charge in [0.15, 0.2) is 0 Å². The van der Waals surface area contributed by atoms with E-state index in [1.807, 2.05) is 30.3 Å². The third-order valence-corrected chi connectivity index (χ3v) is 5.98. The molecule has 1 aliphatic heterocycles. The monoisotopic (exact) mass is 444 g/mol. The number of rotatable bonds is 5. The van der Waals surface area contributed by atoms with Crippen molar-refractivity contribution in [3.63, 3.8) is 0 Å². The Hall–Kier alpha value is -3.80. The van der Waals surface area contributed by atoms with E-state index in [-0.39, 0.29) is 23.4 Å². The van der Waals surface area contributed by atoms with Crippen molar-refractivity contribution in [2.24, 2.45) is 0 Å². The highest BCUT2D eigenvalue weighted by Crippen LogP contribution is 2.40. The van der Waals surface area contributed by atoms with Crippen molar-refractivity contribution in [1.29, 1.82) is 0 Å². The van der Waals surface area contributed by atoms with Gasteiger partial charge in [0, 0.05) is 24.5 Å². The molecule has 1 fully saturated rings. The average molecular weight is 445 g/mol. The van der Waals surface area contributed by atoms with Gasteiger partial charge in [-0.05, 0) is 47.2 Å². The molecular formula is C27H25FN2O3. The molecule has 1 N–H and O–H groups in total. The van der Waals surface area contributed by atoms with Gasteiger partial charge in [0.2, 0.25) is 0 Å². The van der Waals surface area contributed by atoms with Crippen LogP contribution in [0.1, 0.15) is 53.6 Å². The van der Waals surface area contributed by atoms with Crippen molar-refractivity contribution >= 4 is 17.4 Å². The van der Waals surface area contributed by atoms with E-state index in [1.54, 1.807) is 31.5 Å². The van der Waals surface area contributed by atoms with Gasteiger partial charge >= 0.3 is 0 Å². The number of carbonyl (C=O) groups excluding carboxylic acids is 2. The molecule has 0 aliphatic carbocycles. The average Bonchev–Trinajstić information content (AvgIpc) is 3.06. The van der Waals surface area contributed by atoms with Crippen LogP contribution in [0, 0.1) is 12.7 Å². The molecule has 6 heteroatoms. The second-order valence-electron chi connectivity index (χ2n) is 8.57. The standard InChI is InChI=1S/C27H25FN2O3/c1-16(2)19-8-10-20(11-9-19)24-23(25(31)21-7-6-17(3)22(28)13-21)26(32)27(33)30(24)15-18-5-4-12-29-14-18/h4-14,16,24,31H,15H2,1-3H3/b25-23-. The quantitative estimate of drug-likeness (QED) is 0.330. The summed E-state index contributed by atoms with van der Waals surface area (Å²) in [5.74, 6) is -2.09. The lowest BCUT2D eigenvalue weighted by molar-refractivity contribution is -0.140. The predicted octanol–water partition coefficient (Wildman–Crippen LogP) is 5.27. The molecule has 4 rings (SSSR count). The summed E-state index contributed by atoms with van der Waals surface area (Å²) >= 11 is 0. The van der Waals surface area contributed by atoms with Gasteiger partial charge in [0.05, 0.1) is 11.6 Å². The van der Waals surface area contributed by atoms with Crippen molar-refractivity contribution in [1.82, 2.24) is 9.88 Å². The van der Waals surface area contributed by atoms with E-state index in [2.05, 4.69) is 18.8 Å². The van der Waals surface area contributed by atoms with Gasteiger partial charge in [-0.3, -0.25) is 14.6 Å². The van der Waals surface area contributed by atoms with E-state index >= 15 is 0 Å². The molecule has 33 heavy (non-hydrogen) atoms. The first-order valence-corrected chi connectivity index (χ1v) is 10.8. The van der Waals surface area contributed by atoms with Gasteiger partial charge < -0.3 is 10.0 Å². The van der Waals surface area contributed by atoms with Crippen LogP contribution in [0.2, 0.25) is 0 Å². The van der Waals surface area contributed by atoms with Gasteiger partial charge in [-0.1, -0.05) is 56.3 Å². The number of hydrogen-bond donors (Lipinski definition) is 1. The lowest BCUT2D eigenvalue weighted by Gasteiger charge is -2.25. The van der Waals surface area contributed by atoms with Crippen LogP contribution in [0.3, 0.4) is 0 Å². The first-order chi connectivity index (χ1) is 15.8. The summed E-state index contributed by atoms with van der Waals surface area (Å²) in [5.41, 5.74) is 3.08. The molecule has 5 nitrogen and oxygen atoms in total. The summed E-state index contributed by atoms with van der Waals surface area (Å²) in [6, 6.07) is 14.7. The fraction of sp³-hybridized carbons (Fsp3) is 0.222. The van der Waals surface area contributed by atoms with Crippen LogP contribution in [0.25, 0.3) is 5.76 Å². The van der Waals surface area contributed by atoms with Crippen molar-refractivity contribution in [2.45, 2.75) is 39.3 Å². The number of aliphatic hydroxyl groups is 1. The Morgan fingerprint density at radius 2 is 1.85 bits per heavy atom. The van der Waals surface area contributed by atoms with Crippen molar-refractivity contribution in [2.75, 3.05) is 0 Å². The molecule has 1 unspecified atom stereocenters. The number of pyridine rings is 1. The molecule has 0 spiro atoms. The van der Waals surface area contributed by atoms with Crippen molar-refractivity contribution in [3.8, 4) is 0 Å². The Balaban J connectivity index is 1.86. The number of nitrogens with zero attached hydrogens (tertiary/aromatic N) is 2. The molecule has 1 amide bonds. The zero-order valence-electron chi connectivity index (χ0n) is 18.7. The van der Waals surface area contributed by atoms with Crippen molar-refractivity contribution in [3.05, 3.63) is 106 Å². The zero-order chi connectivity index (χ0) is 23.7. The molecule has 2 heterocycles. The van der Waals surface area contributed by atoms with Crippen LogP contribution in [0.4, 0.5) is 4.39 Å². The molecule has 1 aromatic heterocycles. The predicted molar refractivity (Wildman–Crippen MR) is 124 cm³/mol. The number of ketones is 1.